The van der Waals surface area contributed by atoms with E-state index in [9.17, 15) is 10.2 Å². The van der Waals surface area contributed by atoms with E-state index in [1.807, 2.05) is 0 Å². The first kappa shape index (κ1) is 19.2. The molecule has 3 aliphatic carbocycles. The van der Waals surface area contributed by atoms with Gasteiger partial charge in [-0.25, -0.2) is 0 Å². The number of alkyl halides is 2. The van der Waals surface area contributed by atoms with Crippen LogP contribution in [0.4, 0.5) is 0 Å². The van der Waals surface area contributed by atoms with Crippen LogP contribution in [0.1, 0.15) is 72.1 Å². The molecule has 0 aromatic rings. The maximum absolute atomic E-state index is 11.4. The molecule has 1 aliphatic heterocycles. The molecule has 2 bridgehead atoms. The van der Waals surface area contributed by atoms with Crippen LogP contribution >= 0.6 is 31.9 Å². The van der Waals surface area contributed by atoms with Crippen molar-refractivity contribution < 1.29 is 14.9 Å². The third kappa shape index (κ3) is 2.73. The third-order valence-electron chi connectivity index (χ3n) is 8.11. The van der Waals surface area contributed by atoms with Gasteiger partial charge < -0.3 is 14.9 Å². The molecule has 144 valence electrons. The molecular weight excluding hydrogens is 448 g/mol. The van der Waals surface area contributed by atoms with E-state index in [0.717, 1.165) is 51.4 Å². The van der Waals surface area contributed by atoms with Gasteiger partial charge in [0, 0.05) is 21.0 Å². The van der Waals surface area contributed by atoms with Crippen molar-refractivity contribution in [2.24, 2.45) is 22.7 Å². The van der Waals surface area contributed by atoms with Gasteiger partial charge in [0.25, 0.3) is 0 Å². The summed E-state index contributed by atoms with van der Waals surface area (Å²) >= 11 is 7.70. The fourth-order valence-electron chi connectivity index (χ4n) is 7.10. The quantitative estimate of drug-likeness (QED) is 0.561. The lowest BCUT2D eigenvalue weighted by Gasteiger charge is -2.49. The Morgan fingerprint density at radius 2 is 1.68 bits per heavy atom. The summed E-state index contributed by atoms with van der Waals surface area (Å²) in [6, 6.07) is 0. The van der Waals surface area contributed by atoms with Crippen LogP contribution in [-0.2, 0) is 4.74 Å². The van der Waals surface area contributed by atoms with Crippen molar-refractivity contribution in [1.82, 2.24) is 0 Å². The zero-order valence-corrected chi connectivity index (χ0v) is 18.8. The van der Waals surface area contributed by atoms with E-state index in [-0.39, 0.29) is 16.4 Å². The maximum Gasteiger partial charge on any atom is 0.162 e. The molecule has 0 aromatic carbocycles. The van der Waals surface area contributed by atoms with Gasteiger partial charge in [0.15, 0.2) is 6.29 Å². The lowest BCUT2D eigenvalue weighted by Crippen LogP contribution is -2.51. The highest BCUT2D eigenvalue weighted by atomic mass is 79.9. The summed E-state index contributed by atoms with van der Waals surface area (Å²) in [5, 5.41) is 22.2. The van der Waals surface area contributed by atoms with E-state index in [4.69, 9.17) is 4.74 Å². The number of aliphatic hydroxyl groups is 2. The number of rotatable bonds is 2. The van der Waals surface area contributed by atoms with Gasteiger partial charge in [0.1, 0.15) is 0 Å². The van der Waals surface area contributed by atoms with Crippen LogP contribution in [0.3, 0.4) is 0 Å². The average molecular weight is 480 g/mol. The van der Waals surface area contributed by atoms with E-state index in [1.54, 1.807) is 0 Å². The van der Waals surface area contributed by atoms with Crippen LogP contribution in [0, 0.1) is 22.7 Å². The van der Waals surface area contributed by atoms with Gasteiger partial charge in [0.2, 0.25) is 0 Å². The van der Waals surface area contributed by atoms with E-state index in [1.165, 1.54) is 0 Å². The van der Waals surface area contributed by atoms with Gasteiger partial charge in [0.05, 0.1) is 11.2 Å². The van der Waals surface area contributed by atoms with Gasteiger partial charge in [-0.3, -0.25) is 0 Å². The van der Waals surface area contributed by atoms with Crippen LogP contribution in [-0.4, -0.2) is 37.4 Å². The van der Waals surface area contributed by atoms with Crippen LogP contribution in [0.2, 0.25) is 0 Å². The van der Waals surface area contributed by atoms with Crippen LogP contribution in [0.5, 0.6) is 0 Å². The predicted octanol–water partition coefficient (Wildman–Crippen LogP) is 4.76. The van der Waals surface area contributed by atoms with Crippen molar-refractivity contribution in [3.8, 4) is 0 Å². The van der Waals surface area contributed by atoms with Crippen LogP contribution < -0.4 is 0 Å². The Balaban J connectivity index is 1.59. The van der Waals surface area contributed by atoms with Crippen molar-refractivity contribution in [2.45, 2.75) is 99.3 Å². The van der Waals surface area contributed by atoms with Gasteiger partial charge in [-0.1, -0.05) is 45.7 Å². The first-order valence-corrected chi connectivity index (χ1v) is 11.7. The highest BCUT2D eigenvalue weighted by molar-refractivity contribution is 9.09. The topological polar surface area (TPSA) is 49.7 Å². The zero-order chi connectivity index (χ0) is 18.3. The average Bonchev–Trinajstić information content (AvgIpc) is 2.96. The Hall–Kier alpha value is 0.840. The standard InChI is InChI=1S/C20H32Br2O3/c1-17(2)11-19(24,8-6-13(17)21)10-12-4-9-20-14(22)5-7-18(3,15(12)20)25-16(20)23/h12-16,23-24H,4-11H2,1-3H3/t12-,13-,14-,15+,16-,18+,19-,20-/m1/s1. The fraction of sp³-hybridized carbons (Fsp3) is 1.00. The van der Waals surface area contributed by atoms with Gasteiger partial charge >= 0.3 is 0 Å². The Morgan fingerprint density at radius 3 is 2.36 bits per heavy atom. The van der Waals surface area contributed by atoms with Gasteiger partial charge in [-0.05, 0) is 69.6 Å². The van der Waals surface area contributed by atoms with Crippen LogP contribution in [0.15, 0.2) is 0 Å². The second-order valence-corrected chi connectivity index (χ2v) is 12.5. The highest BCUT2D eigenvalue weighted by Crippen LogP contribution is 2.69. The second kappa shape index (κ2) is 5.92. The molecule has 25 heavy (non-hydrogen) atoms. The summed E-state index contributed by atoms with van der Waals surface area (Å²) in [6.45, 7) is 6.72. The van der Waals surface area contributed by atoms with E-state index >= 15 is 0 Å². The smallest absolute Gasteiger partial charge is 0.162 e. The third-order valence-corrected chi connectivity index (χ3v) is 11.1. The largest absolute Gasteiger partial charge is 0.390 e. The zero-order valence-electron chi connectivity index (χ0n) is 15.6. The van der Waals surface area contributed by atoms with Gasteiger partial charge in [-0.15, -0.1) is 0 Å². The molecule has 0 amide bonds. The molecule has 5 heteroatoms. The van der Waals surface area contributed by atoms with Crippen molar-refractivity contribution in [2.75, 3.05) is 0 Å². The van der Waals surface area contributed by atoms with E-state index in [2.05, 4.69) is 52.6 Å². The minimum Gasteiger partial charge on any atom is -0.390 e. The normalized spacial score (nSPS) is 57.5. The molecule has 0 unspecified atom stereocenters. The molecule has 0 aromatic heterocycles. The van der Waals surface area contributed by atoms with Crippen molar-refractivity contribution in [3.63, 3.8) is 0 Å². The number of hydrogen-bond acceptors (Lipinski definition) is 3. The molecule has 3 nitrogen and oxygen atoms in total. The Labute approximate surface area is 168 Å². The van der Waals surface area contributed by atoms with Crippen LogP contribution in [0.25, 0.3) is 0 Å². The molecule has 0 radical (unpaired) electrons. The molecule has 4 aliphatic rings. The first-order chi connectivity index (χ1) is 11.5. The molecule has 1 saturated heterocycles. The van der Waals surface area contributed by atoms with E-state index < -0.39 is 11.9 Å². The summed E-state index contributed by atoms with van der Waals surface area (Å²) < 4.78 is 6.15. The van der Waals surface area contributed by atoms with E-state index in [0.29, 0.717) is 21.5 Å². The molecule has 1 heterocycles. The number of ether oxygens (including phenoxy) is 1. The number of hydrogen-bond donors (Lipinski definition) is 2. The lowest BCUT2D eigenvalue weighted by atomic mass is 9.59. The molecule has 3 saturated carbocycles. The fourth-order valence-corrected chi connectivity index (χ4v) is 8.46. The first-order valence-electron chi connectivity index (χ1n) is 9.89. The second-order valence-electron chi connectivity index (χ2n) is 10.3. The monoisotopic (exact) mass is 478 g/mol. The Bertz CT molecular complexity index is 555. The number of halogens is 2. The summed E-state index contributed by atoms with van der Waals surface area (Å²) in [5.41, 5.74) is -0.851. The van der Waals surface area contributed by atoms with Crippen molar-refractivity contribution in [1.29, 1.82) is 0 Å². The summed E-state index contributed by atoms with van der Waals surface area (Å²) in [6.07, 6.45) is 7.12. The molecule has 2 N–H and O–H groups in total. The minimum absolute atomic E-state index is 0.118. The summed E-state index contributed by atoms with van der Waals surface area (Å²) in [4.78, 5) is 0.806. The predicted molar refractivity (Wildman–Crippen MR) is 106 cm³/mol. The molecule has 4 rings (SSSR count). The molecule has 4 fully saturated rings. The van der Waals surface area contributed by atoms with Crippen molar-refractivity contribution in [3.05, 3.63) is 0 Å². The Kier molecular flexibility index (Phi) is 4.54. The SMILES string of the molecule is CC1(C)C[C@](O)(C[C@H]2CC[C@]34[C@H](Br)CC[C@](C)(O[C@H]3O)[C@H]24)CC[C@H]1Br. The summed E-state index contributed by atoms with van der Waals surface area (Å²) in [7, 11) is 0. The van der Waals surface area contributed by atoms with Gasteiger partial charge in [-0.2, -0.15) is 0 Å². The maximum atomic E-state index is 11.4. The highest BCUT2D eigenvalue weighted by Gasteiger charge is 2.71. The number of aliphatic hydroxyl groups excluding tert-OH is 1. The Morgan fingerprint density at radius 1 is 1.00 bits per heavy atom. The molecule has 8 atom stereocenters. The lowest BCUT2D eigenvalue weighted by molar-refractivity contribution is -0.157. The van der Waals surface area contributed by atoms with Crippen molar-refractivity contribution >= 4 is 31.9 Å². The minimum atomic E-state index is -0.663. The molecule has 0 spiro atoms. The molecular formula is C20H32Br2O3. The summed E-state index contributed by atoms with van der Waals surface area (Å²) in [5.74, 6) is 0.789.